The number of primary sulfonamides is 1. The zero-order valence-corrected chi connectivity index (χ0v) is 15.4. The number of anilines is 1. The Kier molecular flexibility index (Phi) is 8.11. The topological polar surface area (TPSA) is 162 Å². The molecule has 5 N–H and O–H groups in total. The van der Waals surface area contributed by atoms with Crippen LogP contribution in [-0.2, 0) is 19.6 Å². The fourth-order valence-corrected chi connectivity index (χ4v) is 2.76. The number of sulfonamides is 1. The first-order valence-electron chi connectivity index (χ1n) is 7.21. The number of nitrogens with two attached hydrogens (primary N) is 1. The van der Waals surface area contributed by atoms with E-state index >= 15 is 0 Å². The average Bonchev–Trinajstić information content (AvgIpc) is 2.57. The quantitative estimate of drug-likeness (QED) is 0.345. The fraction of sp³-hybridized carbons (Fsp3) is 0.267. The summed E-state index contributed by atoms with van der Waals surface area (Å²) in [5, 5.41) is 28.1. The minimum atomic E-state index is -3.85. The van der Waals surface area contributed by atoms with Gasteiger partial charge in [0.05, 0.1) is 4.90 Å². The fourth-order valence-electron chi connectivity index (χ4n) is 1.77. The normalized spacial score (nSPS) is 12.7. The molecule has 0 heterocycles. The van der Waals surface area contributed by atoms with Gasteiger partial charge in [0.2, 0.25) is 10.0 Å². The third-order valence-corrected chi connectivity index (χ3v) is 4.72. The number of benzene rings is 1. The van der Waals surface area contributed by atoms with Crippen molar-refractivity contribution in [1.82, 2.24) is 5.32 Å². The summed E-state index contributed by atoms with van der Waals surface area (Å²) in [7, 11) is -3.85. The Hall–Kier alpha value is -2.55. The molecule has 1 amide bonds. The first-order chi connectivity index (χ1) is 12.2. The lowest BCUT2D eigenvalue weighted by molar-refractivity contribution is -0.139. The molecule has 26 heavy (non-hydrogen) atoms. The van der Waals surface area contributed by atoms with E-state index in [1.54, 1.807) is 6.07 Å². The molecule has 140 valence electrons. The molecule has 0 radical (unpaired) electrons. The molecule has 11 heteroatoms. The number of nitrogens with one attached hydrogen (secondary N) is 2. The van der Waals surface area contributed by atoms with Crippen molar-refractivity contribution in [3.63, 3.8) is 0 Å². The van der Waals surface area contributed by atoms with Gasteiger partial charge in [0.25, 0.3) is 5.91 Å². The molecular weight excluding hydrogens is 380 g/mol. The van der Waals surface area contributed by atoms with Gasteiger partial charge >= 0.3 is 5.97 Å². The highest BCUT2D eigenvalue weighted by Gasteiger charge is 2.17. The number of carbonyl (C=O) groups excluding carboxylic acids is 1. The largest absolute Gasteiger partial charge is 0.480 e. The minimum Gasteiger partial charge on any atom is -0.480 e. The molecule has 1 aromatic carbocycles. The lowest BCUT2D eigenvalue weighted by Crippen LogP contribution is -2.34. The Morgan fingerprint density at radius 3 is 2.46 bits per heavy atom. The van der Waals surface area contributed by atoms with E-state index in [0.29, 0.717) is 12.2 Å². The zero-order chi connectivity index (χ0) is 19.7. The number of nitriles is 1. The summed E-state index contributed by atoms with van der Waals surface area (Å²) in [6.07, 6.45) is 3.21. The van der Waals surface area contributed by atoms with Crippen LogP contribution in [0.5, 0.6) is 0 Å². The summed E-state index contributed by atoms with van der Waals surface area (Å²) in [6.45, 7) is 0. The first-order valence-corrected chi connectivity index (χ1v) is 10.2. The molecule has 1 rings (SSSR count). The molecule has 0 aliphatic carbocycles. The van der Waals surface area contributed by atoms with Crippen LogP contribution in [0.4, 0.5) is 5.69 Å². The van der Waals surface area contributed by atoms with Crippen LogP contribution in [0.1, 0.15) is 6.42 Å². The number of hydrogen-bond donors (Lipinski definition) is 4. The van der Waals surface area contributed by atoms with Crippen molar-refractivity contribution in [2.75, 3.05) is 17.3 Å². The van der Waals surface area contributed by atoms with Crippen molar-refractivity contribution in [3.8, 4) is 6.07 Å². The van der Waals surface area contributed by atoms with Crippen molar-refractivity contribution >= 4 is 39.3 Å². The predicted octanol–water partition coefficient (Wildman–Crippen LogP) is 0.476. The average molecular weight is 398 g/mol. The van der Waals surface area contributed by atoms with E-state index in [-0.39, 0.29) is 16.2 Å². The van der Waals surface area contributed by atoms with Crippen molar-refractivity contribution < 1.29 is 23.1 Å². The van der Waals surface area contributed by atoms with Crippen molar-refractivity contribution in [2.24, 2.45) is 5.14 Å². The lowest BCUT2D eigenvalue weighted by atomic mass is 10.2. The number of thioether (sulfide) groups is 1. The molecule has 0 saturated heterocycles. The van der Waals surface area contributed by atoms with Gasteiger partial charge in [0.1, 0.15) is 17.7 Å². The van der Waals surface area contributed by atoms with Gasteiger partial charge in [-0.2, -0.15) is 17.0 Å². The zero-order valence-electron chi connectivity index (χ0n) is 13.8. The van der Waals surface area contributed by atoms with E-state index in [9.17, 15) is 18.0 Å². The van der Waals surface area contributed by atoms with Gasteiger partial charge < -0.3 is 15.7 Å². The molecule has 1 unspecified atom stereocenters. The van der Waals surface area contributed by atoms with Crippen LogP contribution in [0.2, 0.25) is 0 Å². The molecular formula is C15H18N4O5S2. The van der Waals surface area contributed by atoms with Gasteiger partial charge in [0, 0.05) is 11.9 Å². The predicted molar refractivity (Wildman–Crippen MR) is 97.7 cm³/mol. The van der Waals surface area contributed by atoms with Crippen LogP contribution in [-0.4, -0.2) is 43.5 Å². The molecule has 0 aliphatic heterocycles. The van der Waals surface area contributed by atoms with Gasteiger partial charge in [-0.1, -0.05) is 0 Å². The maximum atomic E-state index is 12.1. The third-order valence-electron chi connectivity index (χ3n) is 3.14. The number of carboxylic acid groups (broad SMARTS) is 1. The van der Waals surface area contributed by atoms with Gasteiger partial charge in [-0.15, -0.1) is 0 Å². The van der Waals surface area contributed by atoms with Gasteiger partial charge in [-0.3, -0.25) is 4.79 Å². The second-order valence-corrected chi connectivity index (χ2v) is 7.58. The molecule has 0 aromatic heterocycles. The van der Waals surface area contributed by atoms with Crippen molar-refractivity contribution in [2.45, 2.75) is 17.4 Å². The molecule has 0 bridgehead atoms. The maximum Gasteiger partial charge on any atom is 0.326 e. The summed E-state index contributed by atoms with van der Waals surface area (Å²) < 4.78 is 22.4. The smallest absolute Gasteiger partial charge is 0.326 e. The van der Waals surface area contributed by atoms with E-state index in [0.717, 1.165) is 6.20 Å². The SMILES string of the molecule is CSCCC(N/C=C(/C#N)C(=O)Nc1ccc(S(N)(=O)=O)cc1)C(=O)O. The van der Waals surface area contributed by atoms with Crippen LogP contribution >= 0.6 is 11.8 Å². The molecule has 0 saturated carbocycles. The highest BCUT2D eigenvalue weighted by atomic mass is 32.2. The molecule has 1 aromatic rings. The molecule has 0 fully saturated rings. The Bertz CT molecular complexity index is 829. The summed E-state index contributed by atoms with van der Waals surface area (Å²) >= 11 is 1.48. The van der Waals surface area contributed by atoms with Crippen LogP contribution < -0.4 is 15.8 Å². The van der Waals surface area contributed by atoms with Gasteiger partial charge in [-0.25, -0.2) is 18.4 Å². The number of amides is 1. The number of carboxylic acids is 1. The monoisotopic (exact) mass is 398 g/mol. The minimum absolute atomic E-state index is 0.119. The first kappa shape index (κ1) is 21.5. The summed E-state index contributed by atoms with van der Waals surface area (Å²) in [4.78, 5) is 23.1. The molecule has 9 nitrogen and oxygen atoms in total. The molecule has 0 spiro atoms. The Morgan fingerprint density at radius 1 is 1.38 bits per heavy atom. The molecule has 1 atom stereocenters. The van der Waals surface area contributed by atoms with Crippen LogP contribution in [0.3, 0.4) is 0 Å². The number of hydrogen-bond acceptors (Lipinski definition) is 7. The van der Waals surface area contributed by atoms with Crippen molar-refractivity contribution in [3.05, 3.63) is 36.0 Å². The lowest BCUT2D eigenvalue weighted by Gasteiger charge is -2.12. The van der Waals surface area contributed by atoms with E-state index < -0.39 is 27.9 Å². The van der Waals surface area contributed by atoms with Crippen LogP contribution in [0, 0.1) is 11.3 Å². The standard InChI is InChI=1S/C15H18N4O5S2/c1-25-7-6-13(15(21)22)18-9-10(8-16)14(20)19-11-2-4-12(5-3-11)26(17,23)24/h2-5,9,13,18H,6-7H2,1H3,(H,19,20)(H,21,22)(H2,17,23,24)/b10-9-. The van der Waals surface area contributed by atoms with E-state index in [2.05, 4.69) is 10.6 Å². The molecule has 0 aliphatic rings. The van der Waals surface area contributed by atoms with Crippen LogP contribution in [0.15, 0.2) is 40.9 Å². The number of aliphatic carboxylic acids is 1. The van der Waals surface area contributed by atoms with E-state index in [4.69, 9.17) is 15.5 Å². The van der Waals surface area contributed by atoms with Crippen LogP contribution in [0.25, 0.3) is 0 Å². The van der Waals surface area contributed by atoms with Crippen molar-refractivity contribution in [1.29, 1.82) is 5.26 Å². The van der Waals surface area contributed by atoms with Gasteiger partial charge in [-0.05, 0) is 42.7 Å². The van der Waals surface area contributed by atoms with E-state index in [1.807, 2.05) is 6.26 Å². The highest BCUT2D eigenvalue weighted by Crippen LogP contribution is 2.13. The third kappa shape index (κ3) is 6.75. The highest BCUT2D eigenvalue weighted by molar-refractivity contribution is 7.98. The second-order valence-electron chi connectivity index (χ2n) is 5.03. The Balaban J connectivity index is 2.82. The summed E-state index contributed by atoms with van der Waals surface area (Å²) in [6, 6.07) is 5.81. The van der Waals surface area contributed by atoms with E-state index in [1.165, 1.54) is 36.0 Å². The Morgan fingerprint density at radius 2 is 2.00 bits per heavy atom. The summed E-state index contributed by atoms with van der Waals surface area (Å²) in [5.41, 5.74) is -0.0726. The van der Waals surface area contributed by atoms with Gasteiger partial charge in [0.15, 0.2) is 0 Å². The number of carbonyl (C=O) groups is 2. The second kappa shape index (κ2) is 9.81. The Labute approximate surface area is 155 Å². The maximum absolute atomic E-state index is 12.1. The number of rotatable bonds is 9. The number of nitrogens with zero attached hydrogens (tertiary/aromatic N) is 1. The summed E-state index contributed by atoms with van der Waals surface area (Å²) in [5.74, 6) is -1.26.